The Morgan fingerprint density at radius 1 is 1.24 bits per heavy atom. The molecule has 0 saturated carbocycles. The lowest BCUT2D eigenvalue weighted by Gasteiger charge is -2.22. The van der Waals surface area contributed by atoms with Crippen molar-refractivity contribution in [2.24, 2.45) is 5.73 Å². The maximum absolute atomic E-state index is 11.2. The topological polar surface area (TPSA) is 109 Å². The lowest BCUT2D eigenvalue weighted by Crippen LogP contribution is -2.34. The quantitative estimate of drug-likeness (QED) is 0.795. The second-order valence-electron chi connectivity index (χ2n) is 4.56. The molecule has 0 aliphatic heterocycles. The van der Waals surface area contributed by atoms with Crippen LogP contribution in [0.3, 0.4) is 0 Å². The molecule has 1 aromatic heterocycles. The first-order valence-corrected chi connectivity index (χ1v) is 6.33. The molecule has 0 aliphatic carbocycles. The van der Waals surface area contributed by atoms with Gasteiger partial charge in [-0.3, -0.25) is 4.79 Å². The Balaban J connectivity index is 2.27. The van der Waals surface area contributed by atoms with Gasteiger partial charge in [0.2, 0.25) is 5.91 Å². The smallest absolute Gasteiger partial charge is 0.237 e. The SMILES string of the molecule is N#Cc1cccc(N(CC(N)=O)Cc2ccc(N)cc2)n1. The summed E-state index contributed by atoms with van der Waals surface area (Å²) in [5.41, 5.74) is 12.9. The van der Waals surface area contributed by atoms with Crippen molar-refractivity contribution < 1.29 is 4.79 Å². The molecule has 0 bridgehead atoms. The van der Waals surface area contributed by atoms with Gasteiger partial charge in [-0.2, -0.15) is 5.26 Å². The Kier molecular flexibility index (Phi) is 4.36. The van der Waals surface area contributed by atoms with Crippen molar-refractivity contribution in [3.05, 3.63) is 53.7 Å². The first kappa shape index (κ1) is 14.3. The Morgan fingerprint density at radius 3 is 2.57 bits per heavy atom. The van der Waals surface area contributed by atoms with Gasteiger partial charge in [-0.25, -0.2) is 4.98 Å². The molecule has 2 aromatic rings. The maximum atomic E-state index is 11.2. The maximum Gasteiger partial charge on any atom is 0.237 e. The number of hydrogen-bond donors (Lipinski definition) is 2. The van der Waals surface area contributed by atoms with Crippen LogP contribution in [0, 0.1) is 11.3 Å². The standard InChI is InChI=1S/C15H15N5O/c16-8-13-2-1-3-15(19-13)20(10-14(18)21)9-11-4-6-12(17)7-5-11/h1-7H,9-10,17H2,(H2,18,21). The van der Waals surface area contributed by atoms with Crippen LogP contribution in [0.4, 0.5) is 11.5 Å². The van der Waals surface area contributed by atoms with E-state index in [1.807, 2.05) is 18.2 Å². The van der Waals surface area contributed by atoms with E-state index >= 15 is 0 Å². The second-order valence-corrected chi connectivity index (χ2v) is 4.56. The number of benzene rings is 1. The molecule has 1 aromatic carbocycles. The van der Waals surface area contributed by atoms with Crippen molar-refractivity contribution in [2.45, 2.75) is 6.54 Å². The molecule has 2 rings (SSSR count). The number of aromatic nitrogens is 1. The van der Waals surface area contributed by atoms with Crippen molar-refractivity contribution in [3.63, 3.8) is 0 Å². The van der Waals surface area contributed by atoms with E-state index in [0.717, 1.165) is 5.56 Å². The zero-order valence-corrected chi connectivity index (χ0v) is 11.4. The van der Waals surface area contributed by atoms with Gasteiger partial charge in [0.25, 0.3) is 0 Å². The van der Waals surface area contributed by atoms with Crippen LogP contribution in [0.1, 0.15) is 11.3 Å². The number of rotatable bonds is 5. The van der Waals surface area contributed by atoms with Gasteiger partial charge in [-0.05, 0) is 29.8 Å². The largest absolute Gasteiger partial charge is 0.399 e. The van der Waals surface area contributed by atoms with E-state index in [-0.39, 0.29) is 6.54 Å². The average molecular weight is 281 g/mol. The average Bonchev–Trinajstić information content (AvgIpc) is 2.48. The van der Waals surface area contributed by atoms with E-state index in [4.69, 9.17) is 16.7 Å². The Hall–Kier alpha value is -3.07. The predicted octanol–water partition coefficient (Wildman–Crippen LogP) is 1.03. The van der Waals surface area contributed by atoms with Gasteiger partial charge in [0.05, 0.1) is 6.54 Å². The number of pyridine rings is 1. The molecule has 0 radical (unpaired) electrons. The number of nitrogens with zero attached hydrogens (tertiary/aromatic N) is 3. The van der Waals surface area contributed by atoms with Crippen molar-refractivity contribution in [3.8, 4) is 6.07 Å². The van der Waals surface area contributed by atoms with Gasteiger partial charge >= 0.3 is 0 Å². The lowest BCUT2D eigenvalue weighted by molar-refractivity contribution is -0.116. The first-order chi connectivity index (χ1) is 10.1. The molecule has 0 aliphatic rings. The summed E-state index contributed by atoms with van der Waals surface area (Å²) in [5.74, 6) is 0.0688. The summed E-state index contributed by atoms with van der Waals surface area (Å²) in [6.07, 6.45) is 0. The fourth-order valence-corrected chi connectivity index (χ4v) is 1.91. The number of carbonyl (C=O) groups excluding carboxylic acids is 1. The minimum absolute atomic E-state index is 0.0201. The van der Waals surface area contributed by atoms with Crippen LogP contribution in [0.2, 0.25) is 0 Å². The third-order valence-electron chi connectivity index (χ3n) is 2.87. The number of carbonyl (C=O) groups is 1. The van der Waals surface area contributed by atoms with Crippen molar-refractivity contribution >= 4 is 17.4 Å². The van der Waals surface area contributed by atoms with Gasteiger partial charge in [0, 0.05) is 12.2 Å². The molecular weight excluding hydrogens is 266 g/mol. The number of amides is 1. The molecule has 0 spiro atoms. The Morgan fingerprint density at radius 2 is 1.95 bits per heavy atom. The first-order valence-electron chi connectivity index (χ1n) is 6.33. The van der Waals surface area contributed by atoms with Crippen molar-refractivity contribution in [2.75, 3.05) is 17.2 Å². The van der Waals surface area contributed by atoms with E-state index in [1.54, 1.807) is 35.2 Å². The third-order valence-corrected chi connectivity index (χ3v) is 2.87. The Labute approximate surface area is 122 Å². The van der Waals surface area contributed by atoms with Crippen molar-refractivity contribution in [1.29, 1.82) is 5.26 Å². The normalized spacial score (nSPS) is 9.86. The third kappa shape index (κ3) is 3.94. The molecule has 6 nitrogen and oxygen atoms in total. The number of nitrogen functional groups attached to an aromatic ring is 1. The summed E-state index contributed by atoms with van der Waals surface area (Å²) in [4.78, 5) is 17.2. The van der Waals surface area contributed by atoms with Crippen molar-refractivity contribution in [1.82, 2.24) is 4.98 Å². The Bertz CT molecular complexity index is 675. The molecule has 106 valence electrons. The number of primary amides is 1. The van der Waals surface area contributed by atoms with E-state index in [2.05, 4.69) is 4.98 Å². The number of nitriles is 1. The zero-order chi connectivity index (χ0) is 15.2. The van der Waals surface area contributed by atoms with E-state index in [0.29, 0.717) is 23.7 Å². The monoisotopic (exact) mass is 281 g/mol. The number of hydrogen-bond acceptors (Lipinski definition) is 5. The molecule has 1 heterocycles. The van der Waals surface area contributed by atoms with Crippen LogP contribution in [-0.2, 0) is 11.3 Å². The van der Waals surface area contributed by atoms with Crippen LogP contribution in [0.5, 0.6) is 0 Å². The van der Waals surface area contributed by atoms with Gasteiger partial charge in [-0.1, -0.05) is 18.2 Å². The minimum Gasteiger partial charge on any atom is -0.399 e. The minimum atomic E-state index is -0.463. The molecule has 1 amide bonds. The van der Waals surface area contributed by atoms with E-state index in [1.165, 1.54) is 0 Å². The van der Waals surface area contributed by atoms with Crippen LogP contribution in [0.15, 0.2) is 42.5 Å². The summed E-state index contributed by atoms with van der Waals surface area (Å²) in [5, 5.41) is 8.91. The van der Waals surface area contributed by atoms with Crippen LogP contribution in [-0.4, -0.2) is 17.4 Å². The predicted molar refractivity (Wildman–Crippen MR) is 80.1 cm³/mol. The van der Waals surface area contributed by atoms with Gasteiger partial charge in [0.15, 0.2) is 0 Å². The molecule has 21 heavy (non-hydrogen) atoms. The van der Waals surface area contributed by atoms with Gasteiger partial charge in [-0.15, -0.1) is 0 Å². The highest BCUT2D eigenvalue weighted by Gasteiger charge is 2.12. The summed E-state index contributed by atoms with van der Waals surface area (Å²) in [6.45, 7) is 0.470. The fourth-order valence-electron chi connectivity index (χ4n) is 1.91. The van der Waals surface area contributed by atoms with Crippen LogP contribution < -0.4 is 16.4 Å². The highest BCUT2D eigenvalue weighted by atomic mass is 16.1. The number of nitrogens with two attached hydrogens (primary N) is 2. The summed E-state index contributed by atoms with van der Waals surface area (Å²) < 4.78 is 0. The summed E-state index contributed by atoms with van der Waals surface area (Å²) in [6, 6.07) is 14.4. The van der Waals surface area contributed by atoms with E-state index in [9.17, 15) is 4.79 Å². The van der Waals surface area contributed by atoms with Crippen LogP contribution >= 0.6 is 0 Å². The second kappa shape index (κ2) is 6.39. The molecule has 0 unspecified atom stereocenters. The van der Waals surface area contributed by atoms with Gasteiger partial charge in [0.1, 0.15) is 17.6 Å². The highest BCUT2D eigenvalue weighted by molar-refractivity contribution is 5.79. The lowest BCUT2D eigenvalue weighted by atomic mass is 10.2. The van der Waals surface area contributed by atoms with Gasteiger partial charge < -0.3 is 16.4 Å². The highest BCUT2D eigenvalue weighted by Crippen LogP contribution is 2.16. The number of anilines is 2. The molecular formula is C15H15N5O. The molecule has 6 heteroatoms. The molecule has 0 atom stereocenters. The fraction of sp³-hybridized carbons (Fsp3) is 0.133. The molecule has 0 saturated heterocycles. The summed E-state index contributed by atoms with van der Waals surface area (Å²) in [7, 11) is 0. The zero-order valence-electron chi connectivity index (χ0n) is 11.4. The molecule has 4 N–H and O–H groups in total. The molecule has 0 fully saturated rings. The van der Waals surface area contributed by atoms with Crippen LogP contribution in [0.25, 0.3) is 0 Å². The summed E-state index contributed by atoms with van der Waals surface area (Å²) >= 11 is 0. The van der Waals surface area contributed by atoms with E-state index < -0.39 is 5.91 Å².